The van der Waals surface area contributed by atoms with E-state index in [2.05, 4.69) is 4.98 Å². The number of hydrogen-bond donors (Lipinski definition) is 1. The maximum Gasteiger partial charge on any atom is 0.258 e. The van der Waals surface area contributed by atoms with Gasteiger partial charge in [0, 0.05) is 12.6 Å². The molecule has 98 valence electrons. The number of benzene rings is 1. The molecule has 0 saturated carbocycles. The molecule has 0 radical (unpaired) electrons. The molecule has 0 unspecified atom stereocenters. The summed E-state index contributed by atoms with van der Waals surface area (Å²) in [4.78, 5) is 18.0. The number of nitrogens with two attached hydrogens (primary N) is 1. The lowest BCUT2D eigenvalue weighted by Crippen LogP contribution is -2.27. The highest BCUT2D eigenvalue weighted by molar-refractivity contribution is 6.06. The number of carbonyl (C=O) groups excluding carboxylic acids is 1. The Morgan fingerprint density at radius 2 is 1.95 bits per heavy atom. The third kappa shape index (κ3) is 2.73. The number of aryl methyl sites for hydroxylation is 2. The number of rotatable bonds is 2. The predicted octanol–water partition coefficient (Wildman–Crippen LogP) is 2.56. The maximum absolute atomic E-state index is 12.4. The van der Waals surface area contributed by atoms with Crippen LogP contribution in [0.3, 0.4) is 0 Å². The largest absolute Gasteiger partial charge is 0.384 e. The zero-order chi connectivity index (χ0) is 14.0. The van der Waals surface area contributed by atoms with E-state index in [-0.39, 0.29) is 5.91 Å². The van der Waals surface area contributed by atoms with Crippen molar-refractivity contribution in [2.24, 2.45) is 0 Å². The summed E-state index contributed by atoms with van der Waals surface area (Å²) in [5.41, 5.74) is 9.08. The van der Waals surface area contributed by atoms with Crippen molar-refractivity contribution in [3.63, 3.8) is 0 Å². The molecule has 2 aromatic rings. The Bertz CT molecular complexity index is 605. The van der Waals surface area contributed by atoms with E-state index in [4.69, 9.17) is 5.73 Å². The molecule has 0 saturated heterocycles. The second-order valence-electron chi connectivity index (χ2n) is 4.62. The normalized spacial score (nSPS) is 10.3. The average Bonchev–Trinajstić information content (AvgIpc) is 2.38. The monoisotopic (exact) mass is 255 g/mol. The first-order valence-electron chi connectivity index (χ1n) is 6.06. The SMILES string of the molecule is Cc1ccc(C(=O)N(C)c2ccc(N)nc2)c(C)c1. The first-order chi connectivity index (χ1) is 8.99. The summed E-state index contributed by atoms with van der Waals surface area (Å²) in [7, 11) is 1.73. The summed E-state index contributed by atoms with van der Waals surface area (Å²) in [5.74, 6) is 0.389. The molecule has 0 aliphatic heterocycles. The Morgan fingerprint density at radius 1 is 1.21 bits per heavy atom. The molecule has 0 atom stereocenters. The zero-order valence-electron chi connectivity index (χ0n) is 11.3. The number of nitrogen functional groups attached to an aromatic ring is 1. The van der Waals surface area contributed by atoms with Crippen molar-refractivity contribution in [1.29, 1.82) is 0 Å². The van der Waals surface area contributed by atoms with Crippen molar-refractivity contribution in [3.8, 4) is 0 Å². The number of pyridine rings is 1. The molecule has 2 rings (SSSR count). The summed E-state index contributed by atoms with van der Waals surface area (Å²) in [6, 6.07) is 9.26. The van der Waals surface area contributed by atoms with E-state index >= 15 is 0 Å². The number of anilines is 2. The van der Waals surface area contributed by atoms with Gasteiger partial charge in [-0.1, -0.05) is 17.7 Å². The fourth-order valence-corrected chi connectivity index (χ4v) is 1.95. The topological polar surface area (TPSA) is 59.2 Å². The summed E-state index contributed by atoms with van der Waals surface area (Å²) in [5, 5.41) is 0. The van der Waals surface area contributed by atoms with E-state index < -0.39 is 0 Å². The van der Waals surface area contributed by atoms with Crippen molar-refractivity contribution in [3.05, 3.63) is 53.2 Å². The lowest BCUT2D eigenvalue weighted by molar-refractivity contribution is 0.0992. The second-order valence-corrected chi connectivity index (χ2v) is 4.62. The van der Waals surface area contributed by atoms with Crippen molar-refractivity contribution in [2.45, 2.75) is 13.8 Å². The van der Waals surface area contributed by atoms with Crippen molar-refractivity contribution in [2.75, 3.05) is 17.7 Å². The van der Waals surface area contributed by atoms with E-state index in [1.165, 1.54) is 0 Å². The third-order valence-electron chi connectivity index (χ3n) is 3.07. The predicted molar refractivity (Wildman–Crippen MR) is 77.3 cm³/mol. The van der Waals surface area contributed by atoms with Gasteiger partial charge in [0.05, 0.1) is 11.9 Å². The fraction of sp³-hybridized carbons (Fsp3) is 0.200. The molecule has 1 aromatic heterocycles. The van der Waals surface area contributed by atoms with Gasteiger partial charge in [-0.25, -0.2) is 4.98 Å². The van der Waals surface area contributed by atoms with Gasteiger partial charge in [0.25, 0.3) is 5.91 Å². The highest BCUT2D eigenvalue weighted by atomic mass is 16.2. The molecule has 0 aliphatic rings. The minimum absolute atomic E-state index is 0.0518. The standard InChI is InChI=1S/C15H17N3O/c1-10-4-6-13(11(2)8-10)15(19)18(3)12-5-7-14(16)17-9-12/h4-9H,1-3H3,(H2,16,17). The molecule has 0 bridgehead atoms. The Labute approximate surface area is 112 Å². The lowest BCUT2D eigenvalue weighted by atomic mass is 10.0. The van der Waals surface area contributed by atoms with E-state index in [1.807, 2.05) is 32.0 Å². The van der Waals surface area contributed by atoms with Crippen LogP contribution >= 0.6 is 0 Å². The number of hydrogen-bond acceptors (Lipinski definition) is 3. The first kappa shape index (κ1) is 13.1. The van der Waals surface area contributed by atoms with Gasteiger partial charge in [-0.3, -0.25) is 4.79 Å². The van der Waals surface area contributed by atoms with Gasteiger partial charge in [-0.15, -0.1) is 0 Å². The van der Waals surface area contributed by atoms with Gasteiger partial charge in [0.1, 0.15) is 5.82 Å². The molecule has 1 heterocycles. The van der Waals surface area contributed by atoms with Crippen LogP contribution in [0.5, 0.6) is 0 Å². The van der Waals surface area contributed by atoms with Gasteiger partial charge in [-0.05, 0) is 37.6 Å². The number of nitrogens with zero attached hydrogens (tertiary/aromatic N) is 2. The summed E-state index contributed by atoms with van der Waals surface area (Å²) in [6.45, 7) is 3.95. The smallest absolute Gasteiger partial charge is 0.258 e. The zero-order valence-corrected chi connectivity index (χ0v) is 11.3. The molecule has 19 heavy (non-hydrogen) atoms. The third-order valence-corrected chi connectivity index (χ3v) is 3.07. The molecular formula is C15H17N3O. The summed E-state index contributed by atoms with van der Waals surface area (Å²) in [6.07, 6.45) is 1.59. The molecule has 4 heteroatoms. The molecule has 2 N–H and O–H groups in total. The second kappa shape index (κ2) is 5.10. The minimum atomic E-state index is -0.0518. The van der Waals surface area contributed by atoms with Crippen molar-refractivity contribution >= 4 is 17.4 Å². The van der Waals surface area contributed by atoms with Crippen LogP contribution in [-0.2, 0) is 0 Å². The first-order valence-corrected chi connectivity index (χ1v) is 6.06. The average molecular weight is 255 g/mol. The lowest BCUT2D eigenvalue weighted by Gasteiger charge is -2.18. The maximum atomic E-state index is 12.4. The molecule has 4 nitrogen and oxygen atoms in total. The summed E-state index contributed by atoms with van der Waals surface area (Å²) < 4.78 is 0. The van der Waals surface area contributed by atoms with Gasteiger partial charge in [0.2, 0.25) is 0 Å². The van der Waals surface area contributed by atoms with E-state index in [0.717, 1.165) is 16.8 Å². The molecule has 0 fully saturated rings. The minimum Gasteiger partial charge on any atom is -0.384 e. The molecule has 1 aromatic carbocycles. The van der Waals surface area contributed by atoms with Gasteiger partial charge in [-0.2, -0.15) is 0 Å². The van der Waals surface area contributed by atoms with Crippen LogP contribution in [0.1, 0.15) is 21.5 Å². The number of carbonyl (C=O) groups is 1. The quantitative estimate of drug-likeness (QED) is 0.897. The molecular weight excluding hydrogens is 238 g/mol. The highest BCUT2D eigenvalue weighted by Crippen LogP contribution is 2.18. The highest BCUT2D eigenvalue weighted by Gasteiger charge is 2.15. The molecule has 0 spiro atoms. The Hall–Kier alpha value is -2.36. The van der Waals surface area contributed by atoms with E-state index in [9.17, 15) is 4.79 Å². The van der Waals surface area contributed by atoms with Crippen LogP contribution in [0.15, 0.2) is 36.5 Å². The van der Waals surface area contributed by atoms with Crippen LogP contribution in [0, 0.1) is 13.8 Å². The number of amides is 1. The van der Waals surface area contributed by atoms with Crippen LogP contribution in [-0.4, -0.2) is 17.9 Å². The molecule has 0 aliphatic carbocycles. The van der Waals surface area contributed by atoms with Gasteiger partial charge >= 0.3 is 0 Å². The Balaban J connectivity index is 2.30. The van der Waals surface area contributed by atoms with Crippen LogP contribution in [0.4, 0.5) is 11.5 Å². The van der Waals surface area contributed by atoms with Crippen LogP contribution < -0.4 is 10.6 Å². The fourth-order valence-electron chi connectivity index (χ4n) is 1.95. The van der Waals surface area contributed by atoms with Crippen molar-refractivity contribution in [1.82, 2.24) is 4.98 Å². The van der Waals surface area contributed by atoms with E-state index in [1.54, 1.807) is 30.3 Å². The van der Waals surface area contributed by atoms with Crippen LogP contribution in [0.2, 0.25) is 0 Å². The Kier molecular flexibility index (Phi) is 3.51. The number of aromatic nitrogens is 1. The van der Waals surface area contributed by atoms with Gasteiger partial charge in [0.15, 0.2) is 0 Å². The van der Waals surface area contributed by atoms with Crippen LogP contribution in [0.25, 0.3) is 0 Å². The molecule has 1 amide bonds. The Morgan fingerprint density at radius 3 is 2.53 bits per heavy atom. The summed E-state index contributed by atoms with van der Waals surface area (Å²) >= 11 is 0. The van der Waals surface area contributed by atoms with E-state index in [0.29, 0.717) is 11.4 Å². The van der Waals surface area contributed by atoms with Gasteiger partial charge < -0.3 is 10.6 Å². The van der Waals surface area contributed by atoms with Crippen molar-refractivity contribution < 1.29 is 4.79 Å².